The number of likely N-dealkylation sites (tertiary alicyclic amines) is 1. The first-order valence-electron chi connectivity index (χ1n) is 8.48. The molecule has 0 aliphatic carbocycles. The van der Waals surface area contributed by atoms with Gasteiger partial charge in [-0.1, -0.05) is 36.4 Å². The monoisotopic (exact) mass is 395 g/mol. The zero-order valence-corrected chi connectivity index (χ0v) is 16.8. The van der Waals surface area contributed by atoms with Gasteiger partial charge >= 0.3 is 0 Å². The molecule has 1 saturated heterocycles. The van der Waals surface area contributed by atoms with Crippen molar-refractivity contribution >= 4 is 36.4 Å². The lowest BCUT2D eigenvalue weighted by Gasteiger charge is -2.21. The largest absolute Gasteiger partial charge is 0.399 e. The van der Waals surface area contributed by atoms with Crippen molar-refractivity contribution in [3.8, 4) is 0 Å². The summed E-state index contributed by atoms with van der Waals surface area (Å²) >= 11 is 0. The number of nitrogen functional groups attached to an aromatic ring is 1. The average molecular weight is 396 g/mol. The fourth-order valence-corrected chi connectivity index (χ4v) is 3.39. The molecule has 1 fully saturated rings. The average Bonchev–Trinajstić information content (AvgIpc) is 2.90. The van der Waals surface area contributed by atoms with Gasteiger partial charge in [0, 0.05) is 36.4 Å². The van der Waals surface area contributed by atoms with Gasteiger partial charge in [-0.05, 0) is 43.5 Å². The minimum absolute atomic E-state index is 0. The lowest BCUT2D eigenvalue weighted by atomic mass is 10.1. The Labute approximate surface area is 168 Å². The maximum atomic E-state index is 12.6. The quantitative estimate of drug-likeness (QED) is 0.773. The minimum Gasteiger partial charge on any atom is -0.399 e. The number of hydrogen-bond acceptors (Lipinski definition) is 3. The standard InChI is InChI=1S/C20H25N3O.2ClH/c1-14-8-9-17(21)11-19(14)20(24)22-18-10-15(2)23(13-18)12-16-6-4-3-5-7-16;;/h3-9,11,15,18H,10,12-13,21H2,1-2H3,(H,22,24);2*1H. The number of aryl methyl sites for hydroxylation is 1. The van der Waals surface area contributed by atoms with Crippen LogP contribution >= 0.6 is 24.8 Å². The van der Waals surface area contributed by atoms with Crippen molar-refractivity contribution in [3.05, 3.63) is 65.2 Å². The van der Waals surface area contributed by atoms with E-state index in [0.29, 0.717) is 17.3 Å². The zero-order chi connectivity index (χ0) is 17.1. The van der Waals surface area contributed by atoms with Gasteiger partial charge < -0.3 is 11.1 Å². The molecule has 3 rings (SSSR count). The number of carbonyl (C=O) groups is 1. The highest BCUT2D eigenvalue weighted by Gasteiger charge is 2.30. The van der Waals surface area contributed by atoms with Crippen LogP contribution in [0.2, 0.25) is 0 Å². The molecule has 0 bridgehead atoms. The van der Waals surface area contributed by atoms with Crippen LogP contribution in [-0.2, 0) is 6.54 Å². The maximum absolute atomic E-state index is 12.6. The number of halogens is 2. The van der Waals surface area contributed by atoms with Gasteiger partial charge in [0.2, 0.25) is 0 Å². The maximum Gasteiger partial charge on any atom is 0.251 e. The summed E-state index contributed by atoms with van der Waals surface area (Å²) in [7, 11) is 0. The Morgan fingerprint density at radius 3 is 2.58 bits per heavy atom. The van der Waals surface area contributed by atoms with Crippen molar-refractivity contribution in [2.24, 2.45) is 0 Å². The molecule has 2 aromatic carbocycles. The van der Waals surface area contributed by atoms with E-state index in [1.807, 2.05) is 25.1 Å². The van der Waals surface area contributed by atoms with Gasteiger partial charge in [-0.15, -0.1) is 24.8 Å². The van der Waals surface area contributed by atoms with E-state index in [1.165, 1.54) is 5.56 Å². The number of nitrogens with two attached hydrogens (primary N) is 1. The Kier molecular flexibility index (Phi) is 8.41. The number of hydrogen-bond donors (Lipinski definition) is 2. The predicted molar refractivity (Wildman–Crippen MR) is 112 cm³/mol. The molecular weight excluding hydrogens is 369 g/mol. The summed E-state index contributed by atoms with van der Waals surface area (Å²) in [5.74, 6) is -0.0291. The molecule has 2 aromatic rings. The van der Waals surface area contributed by atoms with Crippen molar-refractivity contribution in [2.45, 2.75) is 38.9 Å². The van der Waals surface area contributed by atoms with E-state index in [2.05, 4.69) is 41.4 Å². The molecule has 26 heavy (non-hydrogen) atoms. The molecule has 0 saturated carbocycles. The summed E-state index contributed by atoms with van der Waals surface area (Å²) < 4.78 is 0. The third-order valence-corrected chi connectivity index (χ3v) is 4.77. The first-order chi connectivity index (χ1) is 11.5. The number of anilines is 1. The molecule has 0 spiro atoms. The highest BCUT2D eigenvalue weighted by molar-refractivity contribution is 5.96. The molecule has 6 heteroatoms. The molecule has 0 aromatic heterocycles. The Balaban J connectivity index is 0.00000169. The fraction of sp³-hybridized carbons (Fsp3) is 0.350. The smallest absolute Gasteiger partial charge is 0.251 e. The number of nitrogens with one attached hydrogen (secondary N) is 1. The molecule has 142 valence electrons. The SMILES string of the molecule is Cc1ccc(N)cc1C(=O)NC1CC(C)N(Cc2ccccc2)C1.Cl.Cl. The van der Waals surface area contributed by atoms with E-state index in [9.17, 15) is 4.79 Å². The van der Waals surface area contributed by atoms with Crippen LogP contribution < -0.4 is 11.1 Å². The highest BCUT2D eigenvalue weighted by Crippen LogP contribution is 2.21. The molecule has 1 heterocycles. The summed E-state index contributed by atoms with van der Waals surface area (Å²) in [5.41, 5.74) is 9.37. The van der Waals surface area contributed by atoms with Crippen LogP contribution in [0.3, 0.4) is 0 Å². The lowest BCUT2D eigenvalue weighted by Crippen LogP contribution is -2.37. The first-order valence-corrected chi connectivity index (χ1v) is 8.48. The Morgan fingerprint density at radius 1 is 1.19 bits per heavy atom. The van der Waals surface area contributed by atoms with E-state index >= 15 is 0 Å². The molecule has 4 nitrogen and oxygen atoms in total. The van der Waals surface area contributed by atoms with Crippen LogP contribution in [0.1, 0.15) is 34.8 Å². The normalized spacial score (nSPS) is 19.3. The molecule has 1 aliphatic rings. The van der Waals surface area contributed by atoms with Gasteiger partial charge in [-0.3, -0.25) is 9.69 Å². The van der Waals surface area contributed by atoms with Gasteiger partial charge in [0.15, 0.2) is 0 Å². The third-order valence-electron chi connectivity index (χ3n) is 4.77. The summed E-state index contributed by atoms with van der Waals surface area (Å²) in [5, 5.41) is 3.17. The molecule has 0 radical (unpaired) electrons. The van der Waals surface area contributed by atoms with Crippen molar-refractivity contribution in [1.82, 2.24) is 10.2 Å². The molecule has 3 N–H and O–H groups in total. The second-order valence-corrected chi connectivity index (χ2v) is 6.74. The van der Waals surface area contributed by atoms with E-state index < -0.39 is 0 Å². The van der Waals surface area contributed by atoms with Crippen LogP contribution in [0.15, 0.2) is 48.5 Å². The third kappa shape index (κ3) is 5.37. The van der Waals surface area contributed by atoms with Gasteiger partial charge in [0.1, 0.15) is 0 Å². The predicted octanol–water partition coefficient (Wildman–Crippen LogP) is 3.81. The molecule has 2 unspecified atom stereocenters. The lowest BCUT2D eigenvalue weighted by molar-refractivity contribution is 0.0937. The van der Waals surface area contributed by atoms with E-state index in [0.717, 1.165) is 25.1 Å². The van der Waals surface area contributed by atoms with Crippen molar-refractivity contribution in [1.29, 1.82) is 0 Å². The van der Waals surface area contributed by atoms with Crippen molar-refractivity contribution in [3.63, 3.8) is 0 Å². The summed E-state index contributed by atoms with van der Waals surface area (Å²) in [6.45, 7) is 5.96. The summed E-state index contributed by atoms with van der Waals surface area (Å²) in [6.07, 6.45) is 0.972. The summed E-state index contributed by atoms with van der Waals surface area (Å²) in [4.78, 5) is 15.0. The molecule has 1 aliphatic heterocycles. The van der Waals surface area contributed by atoms with Crippen LogP contribution in [0.4, 0.5) is 5.69 Å². The number of amides is 1. The van der Waals surface area contributed by atoms with Crippen molar-refractivity contribution < 1.29 is 4.79 Å². The van der Waals surface area contributed by atoms with Crippen LogP contribution in [0.25, 0.3) is 0 Å². The van der Waals surface area contributed by atoms with Crippen molar-refractivity contribution in [2.75, 3.05) is 12.3 Å². The number of benzene rings is 2. The molecule has 1 amide bonds. The number of carbonyl (C=O) groups excluding carboxylic acids is 1. The topological polar surface area (TPSA) is 58.4 Å². The van der Waals surface area contributed by atoms with E-state index in [4.69, 9.17) is 5.73 Å². The number of rotatable bonds is 4. The van der Waals surface area contributed by atoms with Gasteiger partial charge in [0.25, 0.3) is 5.91 Å². The van der Waals surface area contributed by atoms with Gasteiger partial charge in [0.05, 0.1) is 0 Å². The molecular formula is C20H27Cl2N3O. The molecule has 2 atom stereocenters. The first kappa shape index (κ1) is 22.3. The highest BCUT2D eigenvalue weighted by atomic mass is 35.5. The van der Waals surface area contributed by atoms with Crippen LogP contribution in [-0.4, -0.2) is 29.4 Å². The van der Waals surface area contributed by atoms with Crippen LogP contribution in [0, 0.1) is 6.92 Å². The van der Waals surface area contributed by atoms with Crippen LogP contribution in [0.5, 0.6) is 0 Å². The van der Waals surface area contributed by atoms with Gasteiger partial charge in [-0.2, -0.15) is 0 Å². The Hall–Kier alpha value is -1.75. The second-order valence-electron chi connectivity index (χ2n) is 6.74. The Morgan fingerprint density at radius 2 is 1.88 bits per heavy atom. The summed E-state index contributed by atoms with van der Waals surface area (Å²) in [6, 6.07) is 16.6. The number of nitrogens with zero attached hydrogens (tertiary/aromatic N) is 1. The fourth-order valence-electron chi connectivity index (χ4n) is 3.39. The van der Waals surface area contributed by atoms with E-state index in [-0.39, 0.29) is 36.8 Å². The minimum atomic E-state index is -0.0291. The zero-order valence-electron chi connectivity index (χ0n) is 15.1. The van der Waals surface area contributed by atoms with Gasteiger partial charge in [-0.25, -0.2) is 0 Å². The Bertz CT molecular complexity index is 724. The van der Waals surface area contributed by atoms with E-state index in [1.54, 1.807) is 6.07 Å². The second kappa shape index (κ2) is 9.81.